The van der Waals surface area contributed by atoms with Gasteiger partial charge in [-0.25, -0.2) is 0 Å². The average Bonchev–Trinajstić information content (AvgIpc) is 3.82. The lowest BCUT2D eigenvalue weighted by Gasteiger charge is -2.59. The van der Waals surface area contributed by atoms with E-state index in [9.17, 15) is 66.4 Å². The molecule has 0 aromatic rings. The maximum atomic E-state index is 11.9. The second-order valence-electron chi connectivity index (χ2n) is 23.6. The number of ether oxygens (including phenoxy) is 10. The number of allylic oxidation sites excluding steroid dienone is 1. The smallest absolute Gasteiger partial charge is 0.187 e. The van der Waals surface area contributed by atoms with Crippen molar-refractivity contribution in [3.8, 4) is 0 Å². The molecule has 13 N–H and O–H groups in total. The van der Waals surface area contributed by atoms with Crippen molar-refractivity contribution >= 4 is 0 Å². The summed E-state index contributed by atoms with van der Waals surface area (Å²) in [5, 5.41) is 141. The van der Waals surface area contributed by atoms with Crippen LogP contribution < -0.4 is 0 Å². The van der Waals surface area contributed by atoms with E-state index in [2.05, 4.69) is 33.8 Å². The van der Waals surface area contributed by atoms with E-state index in [0.29, 0.717) is 48.3 Å². The predicted octanol–water partition coefficient (Wildman–Crippen LogP) is -3.38. The van der Waals surface area contributed by atoms with Crippen molar-refractivity contribution < 1.29 is 114 Å². The minimum atomic E-state index is -2.01. The van der Waals surface area contributed by atoms with Gasteiger partial charge in [-0.15, -0.1) is 0 Å². The van der Waals surface area contributed by atoms with Crippen LogP contribution in [0.15, 0.2) is 11.6 Å². The fraction of sp³-hybridized carbons (Fsp3) is 0.960. The van der Waals surface area contributed by atoms with Gasteiger partial charge in [-0.1, -0.05) is 39.3 Å². The molecule has 3 saturated carbocycles. The van der Waals surface area contributed by atoms with Crippen molar-refractivity contribution in [2.75, 3.05) is 33.0 Å². The Balaban J connectivity index is 0.824. The third-order valence-electron chi connectivity index (χ3n) is 19.5. The Morgan fingerprint density at radius 3 is 1.90 bits per heavy atom. The van der Waals surface area contributed by atoms with Gasteiger partial charge < -0.3 is 114 Å². The van der Waals surface area contributed by atoms with Gasteiger partial charge in [0.05, 0.1) is 51.3 Å². The molecular formula is C50H80O23. The van der Waals surface area contributed by atoms with Crippen LogP contribution in [0.2, 0.25) is 0 Å². The summed E-state index contributed by atoms with van der Waals surface area (Å²) in [6.07, 6.45) is -26.2. The summed E-state index contributed by atoms with van der Waals surface area (Å²) in [5.74, 6) is 1.93. The molecule has 1 spiro atoms. The minimum absolute atomic E-state index is 0.103. The largest absolute Gasteiger partial charge is 0.394 e. The quantitative estimate of drug-likeness (QED) is 0.0898. The van der Waals surface area contributed by atoms with Crippen LogP contribution in [0.3, 0.4) is 0 Å². The van der Waals surface area contributed by atoms with Crippen molar-refractivity contribution in [1.82, 2.24) is 0 Å². The van der Waals surface area contributed by atoms with E-state index >= 15 is 0 Å². The van der Waals surface area contributed by atoms with E-state index in [1.807, 2.05) is 0 Å². The van der Waals surface area contributed by atoms with Gasteiger partial charge in [0.25, 0.3) is 0 Å². The van der Waals surface area contributed by atoms with Crippen LogP contribution in [0.4, 0.5) is 0 Å². The normalized spacial score (nSPS) is 57.1. The highest BCUT2D eigenvalue weighted by Crippen LogP contribution is 2.71. The van der Waals surface area contributed by atoms with E-state index in [-0.39, 0.29) is 16.9 Å². The molecule has 73 heavy (non-hydrogen) atoms. The lowest BCUT2D eigenvalue weighted by atomic mass is 9.46. The highest BCUT2D eigenvalue weighted by Gasteiger charge is 2.69. The summed E-state index contributed by atoms with van der Waals surface area (Å²) in [4.78, 5) is 0. The third kappa shape index (κ3) is 9.41. The van der Waals surface area contributed by atoms with E-state index in [1.54, 1.807) is 0 Å². The molecule has 4 aliphatic carbocycles. The van der Waals surface area contributed by atoms with Crippen LogP contribution in [0.25, 0.3) is 0 Å². The van der Waals surface area contributed by atoms with Crippen molar-refractivity contribution in [2.45, 2.75) is 220 Å². The average molecular weight is 1050 g/mol. The first-order valence-electron chi connectivity index (χ1n) is 26.5. The van der Waals surface area contributed by atoms with Crippen molar-refractivity contribution in [2.24, 2.45) is 46.3 Å². The molecule has 0 bridgehead atoms. The highest BCUT2D eigenvalue weighted by molar-refractivity contribution is 5.27. The van der Waals surface area contributed by atoms with Gasteiger partial charge in [-0.05, 0) is 85.4 Å². The lowest BCUT2D eigenvalue weighted by molar-refractivity contribution is -0.401. The molecule has 9 fully saturated rings. The summed E-state index contributed by atoms with van der Waals surface area (Å²) < 4.78 is 60.6. The van der Waals surface area contributed by atoms with Gasteiger partial charge >= 0.3 is 0 Å². The van der Waals surface area contributed by atoms with Gasteiger partial charge in [0, 0.05) is 12.3 Å². The van der Waals surface area contributed by atoms with Crippen LogP contribution >= 0.6 is 0 Å². The van der Waals surface area contributed by atoms with E-state index in [4.69, 9.17) is 47.4 Å². The SMILES string of the molecule is C[C@@H]1CC[C@@]2(OC1)OC1CC3C4CC=C5C[C@@H](O[C@@H]6O[C@H](CO)[C@H](O[C@@H]7O[C@H](CO)[C@H](O[C@@H]8OC[C@@H](O)[C@H](O)[C@H]8O)[C@H](O)[C@H]7O[C@@H]7O[C@H](CO)[C@H](O)[C@H](O)[C@H]7O)[C@H](O)[C@H]6O)[C@H](O)C[C@]5(C)C4CC[C@]3(C)C1[C@@H]2C. The summed E-state index contributed by atoms with van der Waals surface area (Å²) in [6, 6.07) is 0. The first-order valence-corrected chi connectivity index (χ1v) is 26.5. The number of hydrogen-bond acceptors (Lipinski definition) is 23. The number of rotatable bonds is 11. The Labute approximate surface area is 423 Å². The number of aliphatic hydroxyl groups excluding tert-OH is 13. The molecule has 23 heteroatoms. The van der Waals surface area contributed by atoms with Crippen LogP contribution in [0.5, 0.6) is 0 Å². The van der Waals surface area contributed by atoms with Crippen LogP contribution in [-0.2, 0) is 47.4 Å². The van der Waals surface area contributed by atoms with Crippen molar-refractivity contribution in [3.63, 3.8) is 0 Å². The predicted molar refractivity (Wildman–Crippen MR) is 244 cm³/mol. The second kappa shape index (κ2) is 21.1. The summed E-state index contributed by atoms with van der Waals surface area (Å²) in [5.41, 5.74) is 0.937. The monoisotopic (exact) mass is 1050 g/mol. The molecule has 0 aromatic carbocycles. The van der Waals surface area contributed by atoms with Gasteiger partial charge in [0.2, 0.25) is 0 Å². The molecule has 6 aliphatic heterocycles. The molecule has 0 amide bonds. The van der Waals surface area contributed by atoms with Crippen LogP contribution in [0, 0.1) is 46.3 Å². The van der Waals surface area contributed by atoms with Gasteiger partial charge in [0.15, 0.2) is 30.9 Å². The zero-order valence-electron chi connectivity index (χ0n) is 41.8. The van der Waals surface area contributed by atoms with Crippen molar-refractivity contribution in [3.05, 3.63) is 11.6 Å². The zero-order valence-corrected chi connectivity index (χ0v) is 41.8. The standard InChI is InChI=1S/C50H80O23/c1-19-7-10-50(65-17-19)20(2)32-28(73-50)12-24-22-6-5-21-11-27(25(54)13-49(21,4)23(22)8-9-48(24,32)3)66-45-39(62)36(59)41(30(15-52)68-45)71-47-43(72-46-38(61)35(58)34(57)29(14-51)67-46)40(63)42(31(16-53)69-47)70-44-37(60)33(56)26(55)18-64-44/h5,19-20,22-47,51-63H,6-18H2,1-4H3/t19-,20+,22?,23?,24?,25-,26-,27-,28?,29-,30-,31-,32?,33+,34+,35+,36-,37-,38-,39-,40+,41+,42+,43-,44+,45-,46+,47+,48+,49+,50-/m1/s1. The molecule has 6 heterocycles. The van der Waals surface area contributed by atoms with Crippen LogP contribution in [0.1, 0.15) is 79.1 Å². The Morgan fingerprint density at radius 2 is 1.22 bits per heavy atom. The molecule has 0 aromatic heterocycles. The molecular weight excluding hydrogens is 969 g/mol. The fourth-order valence-corrected chi connectivity index (χ4v) is 15.3. The van der Waals surface area contributed by atoms with Gasteiger partial charge in [-0.2, -0.15) is 0 Å². The van der Waals surface area contributed by atoms with E-state index in [1.165, 1.54) is 0 Å². The third-order valence-corrected chi connectivity index (χ3v) is 19.5. The number of hydrogen-bond donors (Lipinski definition) is 13. The molecule has 23 nitrogen and oxygen atoms in total. The Hall–Kier alpha value is -1.18. The van der Waals surface area contributed by atoms with Gasteiger partial charge in [-0.3, -0.25) is 0 Å². The van der Waals surface area contributed by atoms with E-state index < -0.39 is 161 Å². The Bertz CT molecular complexity index is 1920. The summed E-state index contributed by atoms with van der Waals surface area (Å²) >= 11 is 0. The molecule has 6 saturated heterocycles. The lowest BCUT2D eigenvalue weighted by Crippen LogP contribution is -2.68. The Morgan fingerprint density at radius 1 is 0.603 bits per heavy atom. The van der Waals surface area contributed by atoms with Crippen molar-refractivity contribution in [1.29, 1.82) is 0 Å². The summed E-state index contributed by atoms with van der Waals surface area (Å²) in [7, 11) is 0. The molecule has 10 rings (SSSR count). The topological polar surface area (TPSA) is 355 Å². The van der Waals surface area contributed by atoms with E-state index in [0.717, 1.165) is 50.7 Å². The zero-order chi connectivity index (χ0) is 52.2. The molecule has 31 atom stereocenters. The second-order valence-corrected chi connectivity index (χ2v) is 23.6. The number of aliphatic hydroxyl groups is 13. The maximum absolute atomic E-state index is 11.9. The molecule has 418 valence electrons. The number of fused-ring (bicyclic) bond motifs is 7. The molecule has 5 unspecified atom stereocenters. The minimum Gasteiger partial charge on any atom is -0.394 e. The fourth-order valence-electron chi connectivity index (χ4n) is 15.3. The van der Waals surface area contributed by atoms with Crippen LogP contribution in [-0.4, -0.2) is 240 Å². The first kappa shape index (κ1) is 55.1. The summed E-state index contributed by atoms with van der Waals surface area (Å²) in [6.45, 7) is 6.95. The molecule has 0 radical (unpaired) electrons. The highest BCUT2D eigenvalue weighted by atomic mass is 16.8. The Kier molecular flexibility index (Phi) is 16.0. The van der Waals surface area contributed by atoms with Gasteiger partial charge in [0.1, 0.15) is 91.6 Å². The molecule has 10 aliphatic rings. The maximum Gasteiger partial charge on any atom is 0.187 e. The first-order chi connectivity index (χ1) is 34.7.